The molecule has 2 aromatic carbocycles. The van der Waals surface area contributed by atoms with Crippen molar-refractivity contribution in [1.29, 1.82) is 0 Å². The Bertz CT molecular complexity index is 1340. The minimum absolute atomic E-state index is 0.100. The Balaban J connectivity index is 1.71. The number of aromatic nitrogens is 2. The van der Waals surface area contributed by atoms with Gasteiger partial charge in [0.25, 0.3) is 11.5 Å². The monoisotopic (exact) mass is 463 g/mol. The average Bonchev–Trinajstić information content (AvgIpc) is 3.02. The van der Waals surface area contributed by atoms with Crippen LogP contribution < -0.4 is 5.56 Å². The number of rotatable bonds is 5. The fourth-order valence-corrected chi connectivity index (χ4v) is 4.93. The molecule has 154 valence electrons. The molecule has 4 rings (SSSR count). The normalized spacial score (nSPS) is 11.3. The zero-order valence-electron chi connectivity index (χ0n) is 15.8. The molecule has 2 heterocycles. The van der Waals surface area contributed by atoms with Crippen LogP contribution in [-0.2, 0) is 6.54 Å². The smallest absolute Gasteiger partial charge is 0.265 e. The van der Waals surface area contributed by atoms with Crippen molar-refractivity contribution in [1.82, 2.24) is 14.9 Å². The number of nitrogens with one attached hydrogen (secondary N) is 1. The van der Waals surface area contributed by atoms with E-state index in [-0.39, 0.29) is 23.8 Å². The van der Waals surface area contributed by atoms with Gasteiger partial charge in [0.1, 0.15) is 16.5 Å². The molecule has 0 fully saturated rings. The van der Waals surface area contributed by atoms with Crippen molar-refractivity contribution in [3.63, 3.8) is 0 Å². The summed E-state index contributed by atoms with van der Waals surface area (Å²) in [5.74, 6) is -0.335. The van der Waals surface area contributed by atoms with Crippen LogP contribution in [0.25, 0.3) is 21.0 Å². The molecule has 0 radical (unpaired) electrons. The number of aromatic amines is 1. The van der Waals surface area contributed by atoms with E-state index in [1.54, 1.807) is 29.2 Å². The maximum absolute atomic E-state index is 13.6. The van der Waals surface area contributed by atoms with Crippen LogP contribution >= 0.6 is 34.5 Å². The number of carbonyl (C=O) groups is 1. The number of fused-ring (bicyclic) bond motifs is 2. The second-order valence-electron chi connectivity index (χ2n) is 6.79. The Kier molecular flexibility index (Phi) is 5.77. The van der Waals surface area contributed by atoms with E-state index >= 15 is 0 Å². The summed E-state index contributed by atoms with van der Waals surface area (Å²) in [5, 5.41) is 1.83. The van der Waals surface area contributed by atoms with Crippen LogP contribution in [0.15, 0.2) is 41.2 Å². The van der Waals surface area contributed by atoms with Gasteiger partial charge in [-0.3, -0.25) is 9.59 Å². The summed E-state index contributed by atoms with van der Waals surface area (Å²) in [4.78, 5) is 34.7. The number of amides is 1. The molecule has 0 spiro atoms. The standard InChI is InChI=1S/C21H16Cl2FN3O2S/c1-2-7-27(10-17-25-15-8-11(22)3-5-13(15)20(28)26-17)21(29)19-18(23)14-6-4-12(24)9-16(14)30-19/h3-6,8-9H,2,7,10H2,1H3,(H,25,26,28). The lowest BCUT2D eigenvalue weighted by atomic mass is 10.2. The molecular weight excluding hydrogens is 448 g/mol. The van der Waals surface area contributed by atoms with Crippen molar-refractivity contribution >= 4 is 61.4 Å². The Morgan fingerprint density at radius 3 is 2.73 bits per heavy atom. The summed E-state index contributed by atoms with van der Waals surface area (Å²) in [6.45, 7) is 2.48. The minimum atomic E-state index is -0.388. The molecular formula is C21H16Cl2FN3O2S. The zero-order chi connectivity index (χ0) is 21.4. The molecule has 2 aromatic heterocycles. The lowest BCUT2D eigenvalue weighted by molar-refractivity contribution is 0.0744. The topological polar surface area (TPSA) is 66.1 Å². The van der Waals surface area contributed by atoms with Gasteiger partial charge in [-0.15, -0.1) is 11.3 Å². The van der Waals surface area contributed by atoms with Crippen LogP contribution in [-0.4, -0.2) is 27.3 Å². The largest absolute Gasteiger partial charge is 0.330 e. The molecule has 1 N–H and O–H groups in total. The summed E-state index contributed by atoms with van der Waals surface area (Å²) in [6, 6.07) is 9.08. The Hall–Kier alpha value is -2.48. The first kappa shape index (κ1) is 20.8. The van der Waals surface area contributed by atoms with Crippen LogP contribution in [0.4, 0.5) is 4.39 Å². The highest BCUT2D eigenvalue weighted by Gasteiger charge is 2.23. The highest BCUT2D eigenvalue weighted by Crippen LogP contribution is 2.36. The maximum Gasteiger partial charge on any atom is 0.265 e. The summed E-state index contributed by atoms with van der Waals surface area (Å²) in [7, 11) is 0. The van der Waals surface area contributed by atoms with Gasteiger partial charge in [0.15, 0.2) is 0 Å². The minimum Gasteiger partial charge on any atom is -0.330 e. The van der Waals surface area contributed by atoms with E-state index in [0.717, 1.165) is 11.3 Å². The number of H-pyrrole nitrogens is 1. The van der Waals surface area contributed by atoms with E-state index in [0.29, 0.717) is 54.7 Å². The third-order valence-corrected chi connectivity index (χ3v) is 6.51. The molecule has 0 aliphatic heterocycles. The van der Waals surface area contributed by atoms with E-state index in [9.17, 15) is 14.0 Å². The van der Waals surface area contributed by atoms with Crippen LogP contribution in [0.2, 0.25) is 10.0 Å². The lowest BCUT2D eigenvalue weighted by Crippen LogP contribution is -2.32. The van der Waals surface area contributed by atoms with Crippen molar-refractivity contribution in [3.05, 3.63) is 73.3 Å². The number of halogens is 3. The van der Waals surface area contributed by atoms with Gasteiger partial charge in [0.05, 0.1) is 22.5 Å². The molecule has 5 nitrogen and oxygen atoms in total. The highest BCUT2D eigenvalue weighted by molar-refractivity contribution is 7.21. The van der Waals surface area contributed by atoms with Gasteiger partial charge in [0, 0.05) is 21.7 Å². The molecule has 0 saturated heterocycles. The molecule has 4 aromatic rings. The molecule has 0 unspecified atom stereocenters. The Morgan fingerprint density at radius 1 is 1.20 bits per heavy atom. The van der Waals surface area contributed by atoms with E-state index in [1.165, 1.54) is 12.1 Å². The molecule has 30 heavy (non-hydrogen) atoms. The number of nitrogens with zero attached hydrogens (tertiary/aromatic N) is 2. The van der Waals surface area contributed by atoms with Gasteiger partial charge in [-0.25, -0.2) is 9.37 Å². The van der Waals surface area contributed by atoms with Gasteiger partial charge >= 0.3 is 0 Å². The number of hydrogen-bond donors (Lipinski definition) is 1. The van der Waals surface area contributed by atoms with Crippen molar-refractivity contribution in [3.8, 4) is 0 Å². The molecule has 0 saturated carbocycles. The highest BCUT2D eigenvalue weighted by atomic mass is 35.5. The molecule has 0 bridgehead atoms. The van der Waals surface area contributed by atoms with Gasteiger partial charge in [-0.1, -0.05) is 30.1 Å². The maximum atomic E-state index is 13.6. The molecule has 0 aliphatic rings. The van der Waals surface area contributed by atoms with Gasteiger partial charge in [-0.2, -0.15) is 0 Å². The van der Waals surface area contributed by atoms with Crippen LogP contribution in [0.3, 0.4) is 0 Å². The third-order valence-electron chi connectivity index (χ3n) is 4.62. The molecule has 0 aliphatic carbocycles. The van der Waals surface area contributed by atoms with E-state index < -0.39 is 0 Å². The summed E-state index contributed by atoms with van der Waals surface area (Å²) >= 11 is 13.6. The van der Waals surface area contributed by atoms with Crippen molar-refractivity contribution < 1.29 is 9.18 Å². The molecule has 9 heteroatoms. The summed E-state index contributed by atoms with van der Waals surface area (Å²) in [5.41, 5.74) is 0.159. The van der Waals surface area contributed by atoms with Crippen molar-refractivity contribution in [2.45, 2.75) is 19.9 Å². The average molecular weight is 464 g/mol. The molecule has 1 amide bonds. The van der Waals surface area contributed by atoms with Crippen LogP contribution in [0, 0.1) is 5.82 Å². The molecule has 0 atom stereocenters. The summed E-state index contributed by atoms with van der Waals surface area (Å²) in [6.07, 6.45) is 0.701. The third kappa shape index (κ3) is 3.93. The first-order valence-corrected chi connectivity index (χ1v) is 10.8. The van der Waals surface area contributed by atoms with Crippen LogP contribution in [0.1, 0.15) is 28.8 Å². The second kappa shape index (κ2) is 8.34. The Morgan fingerprint density at radius 2 is 1.97 bits per heavy atom. The second-order valence-corrected chi connectivity index (χ2v) is 8.65. The summed E-state index contributed by atoms with van der Waals surface area (Å²) < 4.78 is 14.2. The first-order chi connectivity index (χ1) is 14.4. The number of benzene rings is 2. The predicted molar refractivity (Wildman–Crippen MR) is 119 cm³/mol. The number of thiophene rings is 1. The zero-order valence-corrected chi connectivity index (χ0v) is 18.2. The van der Waals surface area contributed by atoms with Crippen molar-refractivity contribution in [2.24, 2.45) is 0 Å². The first-order valence-electron chi connectivity index (χ1n) is 9.22. The quantitative estimate of drug-likeness (QED) is 0.416. The number of hydrogen-bond acceptors (Lipinski definition) is 4. The van der Waals surface area contributed by atoms with Gasteiger partial charge in [-0.05, 0) is 42.8 Å². The predicted octanol–water partition coefficient (Wildman–Crippen LogP) is 5.64. The SMILES string of the molecule is CCCN(Cc1nc2cc(Cl)ccc2c(=O)[nH]1)C(=O)c1sc2cc(F)ccc2c1Cl. The van der Waals surface area contributed by atoms with Crippen molar-refractivity contribution in [2.75, 3.05) is 6.54 Å². The van der Waals surface area contributed by atoms with E-state index in [2.05, 4.69) is 9.97 Å². The Labute approximate surface area is 185 Å². The fourth-order valence-electron chi connectivity index (χ4n) is 3.26. The number of carbonyl (C=O) groups excluding carboxylic acids is 1. The lowest BCUT2D eigenvalue weighted by Gasteiger charge is -2.21. The van der Waals surface area contributed by atoms with E-state index in [1.807, 2.05) is 6.92 Å². The van der Waals surface area contributed by atoms with Crippen LogP contribution in [0.5, 0.6) is 0 Å². The van der Waals surface area contributed by atoms with E-state index in [4.69, 9.17) is 23.2 Å². The fraction of sp³-hybridized carbons (Fsp3) is 0.190. The van der Waals surface area contributed by atoms with Gasteiger partial charge in [0.2, 0.25) is 0 Å². The van der Waals surface area contributed by atoms with Gasteiger partial charge < -0.3 is 9.88 Å².